The van der Waals surface area contributed by atoms with Gasteiger partial charge in [-0.3, -0.25) is 14.6 Å². The van der Waals surface area contributed by atoms with Crippen LogP contribution in [0.2, 0.25) is 0 Å². The van der Waals surface area contributed by atoms with E-state index in [0.717, 1.165) is 46.3 Å². The fourth-order valence-electron chi connectivity index (χ4n) is 4.30. The molecule has 3 heterocycles. The molecule has 0 spiro atoms. The van der Waals surface area contributed by atoms with Crippen molar-refractivity contribution in [2.45, 2.75) is 56.7 Å². The highest BCUT2D eigenvalue weighted by Crippen LogP contribution is 2.47. The van der Waals surface area contributed by atoms with E-state index < -0.39 is 0 Å². The summed E-state index contributed by atoms with van der Waals surface area (Å²) in [4.78, 5) is 17.7. The van der Waals surface area contributed by atoms with Crippen molar-refractivity contribution < 1.29 is 9.47 Å². The number of fused-ring (bicyclic) bond motifs is 2. The van der Waals surface area contributed by atoms with E-state index >= 15 is 0 Å². The number of aliphatic imine (C=N–C) groups is 1. The Morgan fingerprint density at radius 3 is 2.74 bits per heavy atom. The van der Waals surface area contributed by atoms with Crippen molar-refractivity contribution in [3.8, 4) is 11.5 Å². The molecule has 7 heteroatoms. The van der Waals surface area contributed by atoms with Crippen molar-refractivity contribution in [1.82, 2.24) is 9.78 Å². The summed E-state index contributed by atoms with van der Waals surface area (Å²) in [6.45, 7) is 2.27. The van der Waals surface area contributed by atoms with Crippen molar-refractivity contribution in [3.63, 3.8) is 0 Å². The van der Waals surface area contributed by atoms with E-state index in [4.69, 9.17) is 14.5 Å². The van der Waals surface area contributed by atoms with Gasteiger partial charge in [0.2, 0.25) is 6.79 Å². The van der Waals surface area contributed by atoms with Gasteiger partial charge in [-0.2, -0.15) is 0 Å². The molecular formula is C20H23N3O3S. The smallest absolute Gasteiger partial charge is 0.271 e. The Balaban J connectivity index is 1.58. The minimum Gasteiger partial charge on any atom is -0.454 e. The zero-order valence-corrected chi connectivity index (χ0v) is 16.2. The first kappa shape index (κ1) is 17.0. The highest BCUT2D eigenvalue weighted by molar-refractivity contribution is 8.14. The Kier molecular flexibility index (Phi) is 4.27. The van der Waals surface area contributed by atoms with Gasteiger partial charge in [-0.25, -0.2) is 4.99 Å². The Bertz CT molecular complexity index is 954. The third-order valence-corrected chi connectivity index (χ3v) is 6.81. The second-order valence-electron chi connectivity index (χ2n) is 7.44. The van der Waals surface area contributed by atoms with Gasteiger partial charge < -0.3 is 9.47 Å². The number of thioether (sulfide) groups is 1. The number of rotatable bonds is 2. The van der Waals surface area contributed by atoms with Crippen LogP contribution in [-0.4, -0.2) is 21.6 Å². The monoisotopic (exact) mass is 385 g/mol. The predicted molar refractivity (Wildman–Crippen MR) is 107 cm³/mol. The van der Waals surface area contributed by atoms with Crippen LogP contribution in [0.5, 0.6) is 11.5 Å². The lowest BCUT2D eigenvalue weighted by atomic mass is 10.0. The molecule has 2 aromatic rings. The summed E-state index contributed by atoms with van der Waals surface area (Å²) < 4.78 is 13.0. The number of hydrogen-bond donors (Lipinski definition) is 1. The highest BCUT2D eigenvalue weighted by atomic mass is 32.2. The predicted octanol–water partition coefficient (Wildman–Crippen LogP) is 4.69. The quantitative estimate of drug-likeness (QED) is 0.762. The van der Waals surface area contributed by atoms with E-state index in [1.807, 2.05) is 29.8 Å². The first-order chi connectivity index (χ1) is 13.2. The molecule has 1 aliphatic carbocycles. The van der Waals surface area contributed by atoms with E-state index in [2.05, 4.69) is 5.10 Å². The second-order valence-corrected chi connectivity index (χ2v) is 8.73. The van der Waals surface area contributed by atoms with E-state index in [0.29, 0.717) is 6.04 Å². The Morgan fingerprint density at radius 2 is 1.93 bits per heavy atom. The average molecular weight is 385 g/mol. The number of aromatic nitrogens is 2. The third-order valence-electron chi connectivity index (χ3n) is 5.64. The van der Waals surface area contributed by atoms with Crippen LogP contribution >= 0.6 is 11.8 Å². The highest BCUT2D eigenvalue weighted by Gasteiger charge is 2.32. The number of ether oxygens (including phenoxy) is 2. The van der Waals surface area contributed by atoms with Gasteiger partial charge in [-0.05, 0) is 37.5 Å². The lowest BCUT2D eigenvalue weighted by Crippen LogP contribution is -2.13. The minimum absolute atomic E-state index is 0.0272. The molecule has 1 saturated carbocycles. The summed E-state index contributed by atoms with van der Waals surface area (Å²) in [7, 11) is 0. The molecule has 2 aliphatic heterocycles. The number of nitrogens with one attached hydrogen (secondary N) is 1. The van der Waals surface area contributed by atoms with Gasteiger partial charge >= 0.3 is 0 Å². The molecule has 1 fully saturated rings. The summed E-state index contributed by atoms with van der Waals surface area (Å²) >= 11 is 1.63. The SMILES string of the molecule is CC1=Nc2c(c(=O)[nH]n2C2CCCCCC2)[C@@H](c2ccc3c(c2)OCO3)S1. The first-order valence-electron chi connectivity index (χ1n) is 9.66. The van der Waals surface area contributed by atoms with Crippen molar-refractivity contribution in [2.75, 3.05) is 6.79 Å². The third kappa shape index (κ3) is 2.98. The summed E-state index contributed by atoms with van der Waals surface area (Å²) in [5.41, 5.74) is 1.78. The van der Waals surface area contributed by atoms with Crippen LogP contribution in [0.15, 0.2) is 28.0 Å². The zero-order chi connectivity index (χ0) is 18.4. The maximum Gasteiger partial charge on any atom is 0.271 e. The van der Waals surface area contributed by atoms with Crippen molar-refractivity contribution in [3.05, 3.63) is 39.7 Å². The van der Waals surface area contributed by atoms with Gasteiger partial charge in [-0.15, -0.1) is 0 Å². The van der Waals surface area contributed by atoms with Gasteiger partial charge in [0.15, 0.2) is 17.3 Å². The lowest BCUT2D eigenvalue weighted by Gasteiger charge is -2.23. The molecule has 0 saturated heterocycles. The number of H-pyrrole nitrogens is 1. The van der Waals surface area contributed by atoms with Crippen LogP contribution < -0.4 is 15.0 Å². The number of hydrogen-bond acceptors (Lipinski definition) is 5. The maximum atomic E-state index is 12.9. The van der Waals surface area contributed by atoms with Crippen molar-refractivity contribution in [1.29, 1.82) is 0 Å². The molecule has 1 atom stereocenters. The van der Waals surface area contributed by atoms with Crippen LogP contribution in [0.25, 0.3) is 0 Å². The van der Waals surface area contributed by atoms with Crippen LogP contribution in [0.4, 0.5) is 5.82 Å². The standard InChI is InChI=1S/C20H23N3O3S/c1-12-21-19-17(20(24)22-23(19)14-6-4-2-3-5-7-14)18(27-12)13-8-9-15-16(10-13)26-11-25-15/h8-10,14,18H,2-7,11H2,1H3,(H,22,24)/t18-/m1/s1. The normalized spacial score (nSPS) is 22.3. The molecule has 142 valence electrons. The summed E-state index contributed by atoms with van der Waals surface area (Å²) in [5.74, 6) is 2.32. The Hall–Kier alpha value is -2.15. The minimum atomic E-state index is -0.0808. The lowest BCUT2D eigenvalue weighted by molar-refractivity contribution is 0.174. The van der Waals surface area contributed by atoms with Gasteiger partial charge in [0.25, 0.3) is 5.56 Å². The van der Waals surface area contributed by atoms with Gasteiger partial charge in [0.1, 0.15) is 0 Å². The molecule has 6 nitrogen and oxygen atoms in total. The van der Waals surface area contributed by atoms with Gasteiger partial charge in [0, 0.05) is 0 Å². The van der Waals surface area contributed by atoms with Crippen molar-refractivity contribution in [2.24, 2.45) is 4.99 Å². The molecule has 0 amide bonds. The van der Waals surface area contributed by atoms with Crippen LogP contribution in [0, 0.1) is 0 Å². The summed E-state index contributed by atoms with van der Waals surface area (Å²) in [5, 5.41) is 4.01. The summed E-state index contributed by atoms with van der Waals surface area (Å²) in [6.07, 6.45) is 7.19. The van der Waals surface area contributed by atoms with Gasteiger partial charge in [-0.1, -0.05) is 43.5 Å². The molecule has 0 unspecified atom stereocenters. The molecule has 27 heavy (non-hydrogen) atoms. The molecule has 5 rings (SSSR count). The number of benzene rings is 1. The molecule has 1 N–H and O–H groups in total. The molecule has 0 bridgehead atoms. The van der Waals surface area contributed by atoms with E-state index in [1.165, 1.54) is 25.7 Å². The Morgan fingerprint density at radius 1 is 1.15 bits per heavy atom. The molecule has 0 radical (unpaired) electrons. The largest absolute Gasteiger partial charge is 0.454 e. The van der Waals surface area contributed by atoms with Gasteiger partial charge in [0.05, 0.1) is 21.9 Å². The van der Waals surface area contributed by atoms with E-state index in [1.54, 1.807) is 11.8 Å². The van der Waals surface area contributed by atoms with E-state index in [9.17, 15) is 4.79 Å². The van der Waals surface area contributed by atoms with E-state index in [-0.39, 0.29) is 17.6 Å². The fourth-order valence-corrected chi connectivity index (χ4v) is 5.39. The number of nitrogens with zero attached hydrogens (tertiary/aromatic N) is 2. The molecule has 1 aromatic heterocycles. The average Bonchev–Trinajstić information content (AvgIpc) is 3.15. The fraction of sp³-hybridized carbons (Fsp3) is 0.500. The van der Waals surface area contributed by atoms with Crippen molar-refractivity contribution >= 4 is 22.6 Å². The summed E-state index contributed by atoms with van der Waals surface area (Å²) in [6, 6.07) is 6.28. The van der Waals surface area contributed by atoms with Crippen LogP contribution in [0.1, 0.15) is 67.9 Å². The number of aromatic amines is 1. The topological polar surface area (TPSA) is 68.6 Å². The molecular weight excluding hydrogens is 362 g/mol. The van der Waals surface area contributed by atoms with Crippen LogP contribution in [-0.2, 0) is 0 Å². The molecule has 3 aliphatic rings. The van der Waals surface area contributed by atoms with Crippen LogP contribution in [0.3, 0.4) is 0 Å². The Labute approximate surface area is 161 Å². The first-order valence-corrected chi connectivity index (χ1v) is 10.5. The zero-order valence-electron chi connectivity index (χ0n) is 15.4. The second kappa shape index (κ2) is 6.78. The molecule has 1 aromatic carbocycles. The maximum absolute atomic E-state index is 12.9.